The number of nitrogens with one attached hydrogen (secondary N) is 1. The first-order chi connectivity index (χ1) is 8.86. The van der Waals surface area contributed by atoms with Crippen LogP contribution in [-0.4, -0.2) is 44.0 Å². The summed E-state index contributed by atoms with van der Waals surface area (Å²) in [7, 11) is 0. The minimum atomic E-state index is -0.199. The molecule has 1 unspecified atom stereocenters. The van der Waals surface area contributed by atoms with Crippen molar-refractivity contribution in [3.63, 3.8) is 0 Å². The van der Waals surface area contributed by atoms with Crippen molar-refractivity contribution in [2.75, 3.05) is 37.0 Å². The number of hydrogen-bond acceptors (Lipinski definition) is 4. The molecule has 2 heterocycles. The maximum absolute atomic E-state index is 12.5. The number of hydrogen-bond donors (Lipinski definition) is 1. The van der Waals surface area contributed by atoms with Gasteiger partial charge in [-0.3, -0.25) is 4.79 Å². The fourth-order valence-electron chi connectivity index (χ4n) is 2.31. The van der Waals surface area contributed by atoms with Crippen LogP contribution in [0, 0.1) is 0 Å². The third-order valence-electron chi connectivity index (χ3n) is 3.21. The van der Waals surface area contributed by atoms with Crippen LogP contribution < -0.4 is 10.2 Å². The van der Waals surface area contributed by atoms with Crippen molar-refractivity contribution in [3.8, 4) is 0 Å². The van der Waals surface area contributed by atoms with Gasteiger partial charge in [0, 0.05) is 23.7 Å². The third-order valence-corrected chi connectivity index (χ3v) is 4.26. The van der Waals surface area contributed by atoms with Crippen LogP contribution in [0.4, 0.5) is 5.69 Å². The van der Waals surface area contributed by atoms with Crippen molar-refractivity contribution < 1.29 is 9.53 Å². The second kappa shape index (κ2) is 5.30. The zero-order chi connectivity index (χ0) is 12.4. The Hall–Kier alpha value is -1.04. The molecule has 1 N–H and O–H groups in total. The number of morpholine rings is 1. The summed E-state index contributed by atoms with van der Waals surface area (Å²) < 4.78 is 5.37. The van der Waals surface area contributed by atoms with E-state index in [2.05, 4.69) is 11.4 Å². The predicted octanol–water partition coefficient (Wildman–Crippen LogP) is 1.11. The molecule has 0 aliphatic carbocycles. The van der Waals surface area contributed by atoms with E-state index in [0.717, 1.165) is 24.5 Å². The zero-order valence-corrected chi connectivity index (χ0v) is 10.9. The summed E-state index contributed by atoms with van der Waals surface area (Å²) in [6.45, 7) is 2.69. The number of fused-ring (bicyclic) bond motifs is 1. The number of rotatable bonds is 1. The van der Waals surface area contributed by atoms with Crippen LogP contribution in [0.5, 0.6) is 0 Å². The second-order valence-corrected chi connectivity index (χ2v) is 5.52. The lowest BCUT2D eigenvalue weighted by Gasteiger charge is -2.33. The van der Waals surface area contributed by atoms with Gasteiger partial charge in [0.1, 0.15) is 6.04 Å². The van der Waals surface area contributed by atoms with Crippen molar-refractivity contribution in [1.82, 2.24) is 5.32 Å². The molecular formula is C13H16N2O2S. The third kappa shape index (κ3) is 2.25. The largest absolute Gasteiger partial charge is 0.378 e. The number of anilines is 1. The minimum Gasteiger partial charge on any atom is -0.378 e. The van der Waals surface area contributed by atoms with E-state index in [9.17, 15) is 4.79 Å². The molecule has 2 aliphatic rings. The first kappa shape index (κ1) is 12.0. The average molecular weight is 264 g/mol. The first-order valence-corrected chi connectivity index (χ1v) is 7.19. The Kier molecular flexibility index (Phi) is 3.54. The van der Waals surface area contributed by atoms with Crippen LogP contribution in [-0.2, 0) is 9.53 Å². The van der Waals surface area contributed by atoms with E-state index in [1.54, 1.807) is 0 Å². The lowest BCUT2D eigenvalue weighted by molar-refractivity contribution is -0.123. The van der Waals surface area contributed by atoms with Gasteiger partial charge in [-0.1, -0.05) is 12.1 Å². The standard InChI is InChI=1S/C13H16N2O2S/c16-13(10-9-17-7-5-14-10)15-6-8-18-12-4-2-1-3-11(12)15/h1-4,10,14H,5-9H2. The van der Waals surface area contributed by atoms with Crippen molar-refractivity contribution in [1.29, 1.82) is 0 Å². The quantitative estimate of drug-likeness (QED) is 0.825. The number of ether oxygens (including phenoxy) is 1. The lowest BCUT2D eigenvalue weighted by Crippen LogP contribution is -2.53. The number of thioether (sulfide) groups is 1. The van der Waals surface area contributed by atoms with Gasteiger partial charge in [0.15, 0.2) is 0 Å². The number of benzene rings is 1. The van der Waals surface area contributed by atoms with Crippen LogP contribution in [0.1, 0.15) is 0 Å². The van der Waals surface area contributed by atoms with Gasteiger partial charge in [-0.25, -0.2) is 0 Å². The van der Waals surface area contributed by atoms with Crippen LogP contribution in [0.25, 0.3) is 0 Å². The number of carbonyl (C=O) groups excluding carboxylic acids is 1. The van der Waals surface area contributed by atoms with E-state index >= 15 is 0 Å². The number of amides is 1. The molecule has 4 nitrogen and oxygen atoms in total. The van der Waals surface area contributed by atoms with Gasteiger partial charge in [0.05, 0.1) is 18.9 Å². The molecule has 0 bridgehead atoms. The number of para-hydroxylation sites is 1. The van der Waals surface area contributed by atoms with Crippen molar-refractivity contribution in [2.24, 2.45) is 0 Å². The molecule has 0 aromatic heterocycles. The maximum Gasteiger partial charge on any atom is 0.246 e. The SMILES string of the molecule is O=C(C1COCCN1)N1CCSc2ccccc21. The van der Waals surface area contributed by atoms with Gasteiger partial charge >= 0.3 is 0 Å². The van der Waals surface area contributed by atoms with Crippen LogP contribution >= 0.6 is 11.8 Å². The van der Waals surface area contributed by atoms with Gasteiger partial charge in [0.2, 0.25) is 5.91 Å². The fourth-order valence-corrected chi connectivity index (χ4v) is 3.31. The average Bonchev–Trinajstić information content (AvgIpc) is 2.47. The van der Waals surface area contributed by atoms with Crippen LogP contribution in [0.2, 0.25) is 0 Å². The molecule has 96 valence electrons. The summed E-state index contributed by atoms with van der Waals surface area (Å²) in [5.41, 5.74) is 1.03. The molecule has 2 aliphatic heterocycles. The van der Waals surface area contributed by atoms with Gasteiger partial charge in [-0.2, -0.15) is 0 Å². The molecule has 1 amide bonds. The Morgan fingerprint density at radius 1 is 1.44 bits per heavy atom. The Morgan fingerprint density at radius 2 is 2.33 bits per heavy atom. The van der Waals surface area contributed by atoms with Crippen molar-refractivity contribution in [3.05, 3.63) is 24.3 Å². The van der Waals surface area contributed by atoms with Crippen molar-refractivity contribution >= 4 is 23.4 Å². The maximum atomic E-state index is 12.5. The zero-order valence-electron chi connectivity index (χ0n) is 10.1. The molecule has 1 fully saturated rings. The smallest absolute Gasteiger partial charge is 0.246 e. The summed E-state index contributed by atoms with van der Waals surface area (Å²) in [6, 6.07) is 7.89. The Morgan fingerprint density at radius 3 is 3.17 bits per heavy atom. The highest BCUT2D eigenvalue weighted by Crippen LogP contribution is 2.34. The molecule has 1 aromatic rings. The lowest BCUT2D eigenvalue weighted by atomic mass is 10.2. The summed E-state index contributed by atoms with van der Waals surface area (Å²) in [4.78, 5) is 15.6. The second-order valence-electron chi connectivity index (χ2n) is 4.39. The van der Waals surface area contributed by atoms with E-state index in [1.165, 1.54) is 4.90 Å². The molecule has 3 rings (SSSR count). The molecule has 1 atom stereocenters. The topological polar surface area (TPSA) is 41.6 Å². The molecular weight excluding hydrogens is 248 g/mol. The molecule has 0 spiro atoms. The van der Waals surface area contributed by atoms with Gasteiger partial charge in [-0.15, -0.1) is 11.8 Å². The predicted molar refractivity (Wildman–Crippen MR) is 72.1 cm³/mol. The highest BCUT2D eigenvalue weighted by Gasteiger charge is 2.29. The summed E-state index contributed by atoms with van der Waals surface area (Å²) in [6.07, 6.45) is 0. The summed E-state index contributed by atoms with van der Waals surface area (Å²) in [5.74, 6) is 1.08. The van der Waals surface area contributed by atoms with E-state index < -0.39 is 0 Å². The molecule has 0 saturated carbocycles. The van der Waals surface area contributed by atoms with E-state index in [1.807, 2.05) is 34.9 Å². The van der Waals surface area contributed by atoms with Crippen LogP contribution in [0.3, 0.4) is 0 Å². The van der Waals surface area contributed by atoms with Gasteiger partial charge in [0.25, 0.3) is 0 Å². The monoisotopic (exact) mass is 264 g/mol. The van der Waals surface area contributed by atoms with E-state index in [4.69, 9.17) is 4.74 Å². The Labute approximate surface area is 111 Å². The van der Waals surface area contributed by atoms with E-state index in [-0.39, 0.29) is 11.9 Å². The normalized spacial score (nSPS) is 23.6. The fraction of sp³-hybridized carbons (Fsp3) is 0.462. The first-order valence-electron chi connectivity index (χ1n) is 6.20. The molecule has 1 aromatic carbocycles. The Bertz CT molecular complexity index is 446. The molecule has 5 heteroatoms. The van der Waals surface area contributed by atoms with Crippen molar-refractivity contribution in [2.45, 2.75) is 10.9 Å². The Balaban J connectivity index is 1.82. The highest BCUT2D eigenvalue weighted by atomic mass is 32.2. The van der Waals surface area contributed by atoms with E-state index in [0.29, 0.717) is 13.2 Å². The minimum absolute atomic E-state index is 0.127. The number of nitrogens with zero attached hydrogens (tertiary/aromatic N) is 1. The van der Waals surface area contributed by atoms with Gasteiger partial charge in [-0.05, 0) is 12.1 Å². The number of carbonyl (C=O) groups is 1. The molecule has 18 heavy (non-hydrogen) atoms. The highest BCUT2D eigenvalue weighted by molar-refractivity contribution is 7.99. The van der Waals surface area contributed by atoms with Crippen LogP contribution in [0.15, 0.2) is 29.2 Å². The summed E-state index contributed by atoms with van der Waals surface area (Å²) >= 11 is 1.81. The molecule has 0 radical (unpaired) electrons. The van der Waals surface area contributed by atoms with Gasteiger partial charge < -0.3 is 15.0 Å². The summed E-state index contributed by atoms with van der Waals surface area (Å²) in [5, 5.41) is 3.22. The molecule has 1 saturated heterocycles.